The van der Waals surface area contributed by atoms with Gasteiger partial charge in [0.05, 0.1) is 24.4 Å². The Morgan fingerprint density at radius 3 is 2.11 bits per heavy atom. The van der Waals surface area contributed by atoms with Crippen molar-refractivity contribution in [3.63, 3.8) is 0 Å². The maximum absolute atomic E-state index is 12.8. The number of aliphatic hydroxyl groups is 1. The lowest BCUT2D eigenvalue weighted by molar-refractivity contribution is -0.145. The van der Waals surface area contributed by atoms with Crippen LogP contribution >= 0.6 is 0 Å². The third kappa shape index (κ3) is 4.24. The first-order valence-electron chi connectivity index (χ1n) is 9.58. The van der Waals surface area contributed by atoms with Crippen molar-refractivity contribution in [1.29, 1.82) is 0 Å². The first-order valence-corrected chi connectivity index (χ1v) is 9.58. The lowest BCUT2D eigenvalue weighted by Gasteiger charge is -2.52. The minimum Gasteiger partial charge on any atom is -0.389 e. The highest BCUT2D eigenvalue weighted by Gasteiger charge is 2.46. The van der Waals surface area contributed by atoms with E-state index in [9.17, 15) is 18.3 Å². The van der Waals surface area contributed by atoms with Crippen LogP contribution in [0.3, 0.4) is 0 Å². The molecule has 0 radical (unpaired) electrons. The average molecular weight is 391 g/mol. The summed E-state index contributed by atoms with van der Waals surface area (Å²) in [6.45, 7) is 1.95. The van der Waals surface area contributed by atoms with Crippen LogP contribution in [0.5, 0.6) is 0 Å². The first-order chi connectivity index (χ1) is 13.3. The van der Waals surface area contributed by atoms with Gasteiger partial charge in [-0.3, -0.25) is 4.90 Å². The third-order valence-electron chi connectivity index (χ3n) is 5.81. The van der Waals surface area contributed by atoms with Gasteiger partial charge in [0.2, 0.25) is 0 Å². The van der Waals surface area contributed by atoms with E-state index in [2.05, 4.69) is 17.0 Å². The predicted octanol–water partition coefficient (Wildman–Crippen LogP) is 4.04. The van der Waals surface area contributed by atoms with E-state index in [1.807, 2.05) is 18.2 Å². The van der Waals surface area contributed by atoms with Crippen molar-refractivity contribution in [2.45, 2.75) is 49.7 Å². The molecule has 150 valence electrons. The van der Waals surface area contributed by atoms with Crippen LogP contribution in [0.1, 0.15) is 29.5 Å². The van der Waals surface area contributed by atoms with Crippen molar-refractivity contribution < 1.29 is 23.0 Å². The number of hydrogen-bond donors (Lipinski definition) is 1. The zero-order valence-corrected chi connectivity index (χ0v) is 15.5. The van der Waals surface area contributed by atoms with Crippen molar-refractivity contribution in [1.82, 2.24) is 4.90 Å². The van der Waals surface area contributed by atoms with Crippen molar-refractivity contribution in [2.75, 3.05) is 13.2 Å². The molecule has 2 saturated heterocycles. The molecule has 6 heteroatoms. The van der Waals surface area contributed by atoms with E-state index >= 15 is 0 Å². The van der Waals surface area contributed by atoms with Crippen LogP contribution in [-0.4, -0.2) is 40.9 Å². The molecule has 0 spiro atoms. The van der Waals surface area contributed by atoms with Gasteiger partial charge in [-0.25, -0.2) is 0 Å². The largest absolute Gasteiger partial charge is 0.416 e. The van der Waals surface area contributed by atoms with E-state index in [0.29, 0.717) is 32.5 Å². The molecule has 0 aliphatic carbocycles. The summed E-state index contributed by atoms with van der Waals surface area (Å²) in [7, 11) is 0. The molecule has 2 heterocycles. The number of alkyl halides is 3. The zero-order valence-electron chi connectivity index (χ0n) is 15.5. The van der Waals surface area contributed by atoms with Crippen LogP contribution in [0.25, 0.3) is 0 Å². The highest BCUT2D eigenvalue weighted by atomic mass is 19.4. The highest BCUT2D eigenvalue weighted by Crippen LogP contribution is 2.38. The van der Waals surface area contributed by atoms with Crippen LogP contribution in [0, 0.1) is 0 Å². The molecule has 2 unspecified atom stereocenters. The lowest BCUT2D eigenvalue weighted by Crippen LogP contribution is -2.61. The maximum atomic E-state index is 12.8. The molecule has 2 fully saturated rings. The average Bonchev–Trinajstić information content (AvgIpc) is 2.63. The predicted molar refractivity (Wildman–Crippen MR) is 99.7 cm³/mol. The van der Waals surface area contributed by atoms with Crippen LogP contribution < -0.4 is 0 Å². The summed E-state index contributed by atoms with van der Waals surface area (Å²) >= 11 is 0. The number of piperidine rings is 1. The summed E-state index contributed by atoms with van der Waals surface area (Å²) in [5, 5.41) is 11.2. The van der Waals surface area contributed by atoms with E-state index in [-0.39, 0.29) is 12.1 Å². The van der Waals surface area contributed by atoms with E-state index in [1.54, 1.807) is 0 Å². The standard InChI is InChI=1S/C22H24F3NO2/c23-22(24,25)18-8-6-16(7-9-18)10-21(27)11-19-14-28-15-20(12-21)26(19)13-17-4-2-1-3-5-17/h1-9,19-20,27H,10-15H2. The van der Waals surface area contributed by atoms with Gasteiger partial charge >= 0.3 is 6.18 Å². The zero-order chi connectivity index (χ0) is 19.8. The Balaban J connectivity index is 1.46. The fraction of sp³-hybridized carbons (Fsp3) is 0.455. The van der Waals surface area contributed by atoms with Gasteiger partial charge in [-0.05, 0) is 36.1 Å². The summed E-state index contributed by atoms with van der Waals surface area (Å²) in [6.07, 6.45) is -2.88. The van der Waals surface area contributed by atoms with Gasteiger partial charge in [-0.15, -0.1) is 0 Å². The number of rotatable bonds is 4. The smallest absolute Gasteiger partial charge is 0.389 e. The van der Waals surface area contributed by atoms with Gasteiger partial charge in [0, 0.05) is 25.0 Å². The normalized spacial score (nSPS) is 28.3. The number of benzene rings is 2. The topological polar surface area (TPSA) is 32.7 Å². The number of hydrogen-bond acceptors (Lipinski definition) is 3. The lowest BCUT2D eigenvalue weighted by atomic mass is 9.77. The van der Waals surface area contributed by atoms with Crippen molar-refractivity contribution in [3.8, 4) is 0 Å². The molecule has 0 amide bonds. The molecule has 2 aromatic carbocycles. The quantitative estimate of drug-likeness (QED) is 0.854. The van der Waals surface area contributed by atoms with Gasteiger partial charge < -0.3 is 9.84 Å². The van der Waals surface area contributed by atoms with Gasteiger partial charge in [0.25, 0.3) is 0 Å². The van der Waals surface area contributed by atoms with Crippen LogP contribution in [0.4, 0.5) is 13.2 Å². The maximum Gasteiger partial charge on any atom is 0.416 e. The van der Waals surface area contributed by atoms with Crippen molar-refractivity contribution >= 4 is 0 Å². The second-order valence-electron chi connectivity index (χ2n) is 8.01. The monoisotopic (exact) mass is 391 g/mol. The Bertz CT molecular complexity index is 778. The molecule has 0 aromatic heterocycles. The van der Waals surface area contributed by atoms with Gasteiger partial charge in [0.15, 0.2) is 0 Å². The van der Waals surface area contributed by atoms with Gasteiger partial charge in [-0.1, -0.05) is 42.5 Å². The van der Waals surface area contributed by atoms with E-state index in [1.165, 1.54) is 17.7 Å². The molecular formula is C22H24F3NO2. The minimum absolute atomic E-state index is 0.104. The summed E-state index contributed by atoms with van der Waals surface area (Å²) in [5.41, 5.74) is 0.372. The third-order valence-corrected chi connectivity index (χ3v) is 5.81. The number of fused-ring (bicyclic) bond motifs is 2. The summed E-state index contributed by atoms with van der Waals surface area (Å²) in [4.78, 5) is 2.40. The summed E-state index contributed by atoms with van der Waals surface area (Å²) in [6, 6.07) is 15.6. The molecule has 1 N–H and O–H groups in total. The number of nitrogens with zero attached hydrogens (tertiary/aromatic N) is 1. The molecule has 2 bridgehead atoms. The molecule has 4 rings (SSSR count). The van der Waals surface area contributed by atoms with E-state index in [0.717, 1.165) is 24.2 Å². The molecule has 2 aromatic rings. The van der Waals surface area contributed by atoms with Crippen molar-refractivity contribution in [3.05, 3.63) is 71.3 Å². The Hall–Kier alpha value is -1.89. The van der Waals surface area contributed by atoms with Crippen molar-refractivity contribution in [2.24, 2.45) is 0 Å². The first kappa shape index (κ1) is 19.4. The number of morpholine rings is 1. The second-order valence-corrected chi connectivity index (χ2v) is 8.01. The van der Waals surface area contributed by atoms with E-state index < -0.39 is 17.3 Å². The molecule has 3 nitrogen and oxygen atoms in total. The Kier molecular flexibility index (Phi) is 5.21. The molecule has 2 atom stereocenters. The summed E-state index contributed by atoms with van der Waals surface area (Å²) in [5.74, 6) is 0. The van der Waals surface area contributed by atoms with Crippen LogP contribution in [0.15, 0.2) is 54.6 Å². The molecule has 2 aliphatic rings. The van der Waals surface area contributed by atoms with E-state index in [4.69, 9.17) is 4.74 Å². The fourth-order valence-corrected chi connectivity index (χ4v) is 4.53. The molecule has 2 aliphatic heterocycles. The second kappa shape index (κ2) is 7.50. The summed E-state index contributed by atoms with van der Waals surface area (Å²) < 4.78 is 44.0. The minimum atomic E-state index is -4.34. The van der Waals surface area contributed by atoms with Crippen LogP contribution in [0.2, 0.25) is 0 Å². The Labute approximate surface area is 162 Å². The molecular weight excluding hydrogens is 367 g/mol. The van der Waals surface area contributed by atoms with Gasteiger partial charge in [-0.2, -0.15) is 13.2 Å². The number of halogens is 3. The fourth-order valence-electron chi connectivity index (χ4n) is 4.53. The van der Waals surface area contributed by atoms with Gasteiger partial charge in [0.1, 0.15) is 0 Å². The Morgan fingerprint density at radius 1 is 0.929 bits per heavy atom. The SMILES string of the molecule is OC1(Cc2ccc(C(F)(F)F)cc2)CC2COCC(C1)N2Cc1ccccc1. The number of ether oxygens (including phenoxy) is 1. The highest BCUT2D eigenvalue weighted by molar-refractivity contribution is 5.26. The molecule has 0 saturated carbocycles. The Morgan fingerprint density at radius 2 is 1.54 bits per heavy atom. The molecule has 28 heavy (non-hydrogen) atoms. The van der Waals surface area contributed by atoms with Crippen LogP contribution in [-0.2, 0) is 23.9 Å².